The highest BCUT2D eigenvalue weighted by molar-refractivity contribution is 7.89. The Morgan fingerprint density at radius 1 is 1.45 bits per heavy atom. The molecule has 0 amide bonds. The van der Waals surface area contributed by atoms with Crippen molar-refractivity contribution in [3.8, 4) is 0 Å². The molecule has 9 heteroatoms. The summed E-state index contributed by atoms with van der Waals surface area (Å²) in [6, 6.07) is 2.76. The average molecular weight is 318 g/mol. The van der Waals surface area contributed by atoms with Gasteiger partial charge in [0, 0.05) is 19.3 Å². The van der Waals surface area contributed by atoms with Gasteiger partial charge in [0.25, 0.3) is 5.56 Å². The van der Waals surface area contributed by atoms with Crippen LogP contribution < -0.4 is 5.56 Å². The molecule has 7 nitrogen and oxygen atoms in total. The zero-order chi connectivity index (χ0) is 14.9. The molecule has 0 saturated heterocycles. The standard InChI is InChI=1S/C11H12ClN3O4S/c1-7-3-8(14-19-7)6-15(2)20(17,18)9-4-10(12)11(16)13-5-9/h3-5H,6H2,1-2H3,(H,13,16). The second kappa shape index (κ2) is 5.39. The summed E-state index contributed by atoms with van der Waals surface area (Å²) in [6.45, 7) is 1.77. The van der Waals surface area contributed by atoms with Gasteiger partial charge in [-0.05, 0) is 13.0 Å². The van der Waals surface area contributed by atoms with Crippen molar-refractivity contribution in [2.45, 2.75) is 18.4 Å². The van der Waals surface area contributed by atoms with Crippen LogP contribution in [0, 0.1) is 6.92 Å². The van der Waals surface area contributed by atoms with Crippen molar-refractivity contribution in [3.05, 3.63) is 45.2 Å². The van der Waals surface area contributed by atoms with Crippen molar-refractivity contribution in [2.24, 2.45) is 0 Å². The fourth-order valence-corrected chi connectivity index (χ4v) is 2.95. The molecule has 108 valence electrons. The molecule has 0 aromatic carbocycles. The predicted molar refractivity (Wildman–Crippen MR) is 72.0 cm³/mol. The fourth-order valence-electron chi connectivity index (χ4n) is 1.57. The third kappa shape index (κ3) is 2.92. The Morgan fingerprint density at radius 3 is 2.70 bits per heavy atom. The van der Waals surface area contributed by atoms with Gasteiger partial charge < -0.3 is 9.51 Å². The van der Waals surface area contributed by atoms with Gasteiger partial charge >= 0.3 is 0 Å². The maximum absolute atomic E-state index is 12.3. The Hall–Kier alpha value is -1.64. The highest BCUT2D eigenvalue weighted by atomic mass is 35.5. The Labute approximate surface area is 120 Å². The van der Waals surface area contributed by atoms with Crippen LogP contribution in [0.2, 0.25) is 5.02 Å². The van der Waals surface area contributed by atoms with E-state index in [9.17, 15) is 13.2 Å². The van der Waals surface area contributed by atoms with Crippen LogP contribution >= 0.6 is 11.6 Å². The molecule has 0 spiro atoms. The van der Waals surface area contributed by atoms with Crippen molar-refractivity contribution < 1.29 is 12.9 Å². The van der Waals surface area contributed by atoms with Crippen LogP contribution in [0.4, 0.5) is 0 Å². The monoisotopic (exact) mass is 317 g/mol. The van der Waals surface area contributed by atoms with E-state index in [1.54, 1.807) is 13.0 Å². The van der Waals surface area contributed by atoms with Gasteiger partial charge in [-0.3, -0.25) is 4.79 Å². The Kier molecular flexibility index (Phi) is 3.98. The minimum Gasteiger partial charge on any atom is -0.361 e. The number of H-pyrrole nitrogens is 1. The summed E-state index contributed by atoms with van der Waals surface area (Å²) in [5.41, 5.74) is -0.0514. The number of rotatable bonds is 4. The molecule has 0 radical (unpaired) electrons. The zero-order valence-corrected chi connectivity index (χ0v) is 12.3. The Morgan fingerprint density at radius 2 is 2.15 bits per heavy atom. The molecule has 0 unspecified atom stereocenters. The molecule has 2 aromatic heterocycles. The molecule has 2 aromatic rings. The second-order valence-corrected chi connectivity index (χ2v) is 6.65. The van der Waals surface area contributed by atoms with Crippen LogP contribution in [-0.2, 0) is 16.6 Å². The number of nitrogens with one attached hydrogen (secondary N) is 1. The fraction of sp³-hybridized carbons (Fsp3) is 0.273. The third-order valence-corrected chi connectivity index (χ3v) is 4.66. The molecular weight excluding hydrogens is 306 g/mol. The van der Waals surface area contributed by atoms with Crippen molar-refractivity contribution in [2.75, 3.05) is 7.05 Å². The second-order valence-electron chi connectivity index (χ2n) is 4.20. The zero-order valence-electron chi connectivity index (χ0n) is 10.8. The van der Waals surface area contributed by atoms with Gasteiger partial charge in [0.2, 0.25) is 10.0 Å². The van der Waals surface area contributed by atoms with Gasteiger partial charge in [0.05, 0.1) is 17.1 Å². The molecule has 0 atom stereocenters. The summed E-state index contributed by atoms with van der Waals surface area (Å²) < 4.78 is 30.6. The van der Waals surface area contributed by atoms with E-state index in [1.807, 2.05) is 0 Å². The van der Waals surface area contributed by atoms with Crippen LogP contribution in [0.1, 0.15) is 11.5 Å². The molecule has 0 bridgehead atoms. The molecule has 20 heavy (non-hydrogen) atoms. The normalized spacial score (nSPS) is 12.0. The molecule has 1 N–H and O–H groups in total. The first kappa shape index (κ1) is 14.8. The van der Waals surface area contributed by atoms with Crippen molar-refractivity contribution in [1.29, 1.82) is 0 Å². The lowest BCUT2D eigenvalue weighted by atomic mass is 10.4. The summed E-state index contributed by atoms with van der Waals surface area (Å²) in [7, 11) is -2.37. The minimum atomic E-state index is -3.77. The number of aryl methyl sites for hydroxylation is 1. The molecule has 2 rings (SSSR count). The van der Waals surface area contributed by atoms with E-state index in [-0.39, 0.29) is 16.5 Å². The number of aromatic nitrogens is 2. The van der Waals surface area contributed by atoms with Gasteiger partial charge in [-0.2, -0.15) is 4.31 Å². The Balaban J connectivity index is 2.29. The third-order valence-electron chi connectivity index (χ3n) is 2.60. The first-order valence-electron chi connectivity index (χ1n) is 5.57. The largest absolute Gasteiger partial charge is 0.361 e. The number of pyridine rings is 1. The number of aromatic amines is 1. The van der Waals surface area contributed by atoms with Crippen LogP contribution in [0.25, 0.3) is 0 Å². The lowest BCUT2D eigenvalue weighted by Crippen LogP contribution is -2.27. The van der Waals surface area contributed by atoms with Crippen LogP contribution in [-0.4, -0.2) is 29.9 Å². The first-order chi connectivity index (χ1) is 9.30. The highest BCUT2D eigenvalue weighted by Gasteiger charge is 2.23. The maximum atomic E-state index is 12.3. The number of hydrogen-bond acceptors (Lipinski definition) is 5. The number of sulfonamides is 1. The lowest BCUT2D eigenvalue weighted by Gasteiger charge is -2.15. The van der Waals surface area contributed by atoms with Crippen LogP contribution in [0.3, 0.4) is 0 Å². The van der Waals surface area contributed by atoms with E-state index in [0.29, 0.717) is 11.5 Å². The van der Waals surface area contributed by atoms with Gasteiger partial charge in [-0.15, -0.1) is 0 Å². The van der Waals surface area contributed by atoms with Crippen LogP contribution in [0.5, 0.6) is 0 Å². The minimum absolute atomic E-state index is 0.0520. The van der Waals surface area contributed by atoms with Crippen LogP contribution in [0.15, 0.2) is 32.5 Å². The van der Waals surface area contributed by atoms with Gasteiger partial charge in [-0.1, -0.05) is 16.8 Å². The molecule has 0 aliphatic carbocycles. The molecular formula is C11H12ClN3O4S. The quantitative estimate of drug-likeness (QED) is 0.912. The summed E-state index contributed by atoms with van der Waals surface area (Å²) >= 11 is 5.63. The first-order valence-corrected chi connectivity index (χ1v) is 7.39. The van der Waals surface area contributed by atoms with E-state index < -0.39 is 15.6 Å². The number of hydrogen-bond donors (Lipinski definition) is 1. The van der Waals surface area contributed by atoms with E-state index >= 15 is 0 Å². The average Bonchev–Trinajstić information content (AvgIpc) is 2.78. The topological polar surface area (TPSA) is 96.3 Å². The van der Waals surface area contributed by atoms with Crippen molar-refractivity contribution in [3.63, 3.8) is 0 Å². The molecule has 0 fully saturated rings. The number of nitrogens with zero attached hydrogens (tertiary/aromatic N) is 2. The van der Waals surface area contributed by atoms with Gasteiger partial charge in [0.15, 0.2) is 0 Å². The number of halogens is 1. The molecule has 0 aliphatic rings. The van der Waals surface area contributed by atoms with E-state index in [4.69, 9.17) is 16.1 Å². The van der Waals surface area contributed by atoms with Gasteiger partial charge in [0.1, 0.15) is 10.8 Å². The summed E-state index contributed by atoms with van der Waals surface area (Å²) in [6.07, 6.45) is 1.11. The van der Waals surface area contributed by atoms with Gasteiger partial charge in [-0.25, -0.2) is 8.42 Å². The van der Waals surface area contributed by atoms with E-state index in [0.717, 1.165) is 16.6 Å². The van der Waals surface area contributed by atoms with E-state index in [2.05, 4.69) is 10.1 Å². The lowest BCUT2D eigenvalue weighted by molar-refractivity contribution is 0.378. The summed E-state index contributed by atoms with van der Waals surface area (Å²) in [4.78, 5) is 13.3. The summed E-state index contributed by atoms with van der Waals surface area (Å²) in [5.74, 6) is 0.595. The molecule has 0 saturated carbocycles. The maximum Gasteiger partial charge on any atom is 0.266 e. The Bertz CT molecular complexity index is 781. The van der Waals surface area contributed by atoms with Crippen molar-refractivity contribution >= 4 is 21.6 Å². The summed E-state index contributed by atoms with van der Waals surface area (Å²) in [5, 5.41) is 3.55. The predicted octanol–water partition coefficient (Wildman–Crippen LogP) is 1.15. The smallest absolute Gasteiger partial charge is 0.266 e. The SMILES string of the molecule is Cc1cc(CN(C)S(=O)(=O)c2c[nH]c(=O)c(Cl)c2)no1. The molecule has 2 heterocycles. The van der Waals surface area contributed by atoms with Crippen molar-refractivity contribution in [1.82, 2.24) is 14.4 Å². The van der Waals surface area contributed by atoms with E-state index in [1.165, 1.54) is 7.05 Å². The highest BCUT2D eigenvalue weighted by Crippen LogP contribution is 2.17. The molecule has 0 aliphatic heterocycles.